The van der Waals surface area contributed by atoms with E-state index in [1.807, 2.05) is 26.8 Å². The lowest BCUT2D eigenvalue weighted by Gasteiger charge is -2.43. The Hall–Kier alpha value is -1.81. The Kier molecular flexibility index (Phi) is 4.82. The summed E-state index contributed by atoms with van der Waals surface area (Å²) in [5.41, 5.74) is -2.47. The van der Waals surface area contributed by atoms with Crippen molar-refractivity contribution in [1.29, 1.82) is 5.26 Å². The number of hydrogen-bond donors (Lipinski definition) is 1. The van der Waals surface area contributed by atoms with Gasteiger partial charge in [-0.05, 0) is 46.5 Å². The number of rotatable bonds is 3. The van der Waals surface area contributed by atoms with Crippen molar-refractivity contribution in [3.8, 4) is 6.07 Å². The molecule has 2 amide bonds. The highest BCUT2D eigenvalue weighted by Gasteiger charge is 2.65. The Morgan fingerprint density at radius 3 is 2.21 bits per heavy atom. The van der Waals surface area contributed by atoms with Gasteiger partial charge in [-0.15, -0.1) is 0 Å². The Balaban J connectivity index is 2.01. The number of ether oxygens (including phenoxy) is 1. The molecule has 1 saturated carbocycles. The van der Waals surface area contributed by atoms with Crippen molar-refractivity contribution in [3.05, 3.63) is 0 Å². The zero-order valence-electron chi connectivity index (χ0n) is 15.0. The topological polar surface area (TPSA) is 93.9 Å². The average Bonchev–Trinajstić information content (AvgIpc) is 3.27. The molecule has 1 heterocycles. The Labute approximate surface area is 143 Å². The summed E-state index contributed by atoms with van der Waals surface area (Å²) in [5, 5.41) is 19.8. The fourth-order valence-corrected chi connectivity index (χ4v) is 3.41. The molecule has 0 aromatic heterocycles. The predicted octanol–water partition coefficient (Wildman–Crippen LogP) is 1.51. The lowest BCUT2D eigenvalue weighted by molar-refractivity contribution is -0.152. The van der Waals surface area contributed by atoms with E-state index in [1.165, 1.54) is 4.90 Å². The quantitative estimate of drug-likeness (QED) is 0.788. The van der Waals surface area contributed by atoms with Crippen LogP contribution in [0.2, 0.25) is 0 Å². The third kappa shape index (κ3) is 3.48. The van der Waals surface area contributed by atoms with E-state index in [2.05, 4.69) is 0 Å². The average molecular weight is 337 g/mol. The van der Waals surface area contributed by atoms with Crippen molar-refractivity contribution in [2.24, 2.45) is 5.41 Å². The molecule has 0 bridgehead atoms. The molecule has 0 atom stereocenters. The van der Waals surface area contributed by atoms with Gasteiger partial charge in [0.05, 0.1) is 17.1 Å². The molecule has 0 spiro atoms. The molecule has 1 N–H and O–H groups in total. The minimum Gasteiger partial charge on any atom is -0.444 e. The van der Waals surface area contributed by atoms with Crippen LogP contribution in [0, 0.1) is 16.7 Å². The maximum absolute atomic E-state index is 12.6. The Bertz CT molecular complexity index is 549. The molecule has 7 nitrogen and oxygen atoms in total. The van der Waals surface area contributed by atoms with Gasteiger partial charge in [0, 0.05) is 20.1 Å². The number of likely N-dealkylation sites (tertiary alicyclic amines) is 1. The molecule has 0 aromatic rings. The van der Waals surface area contributed by atoms with Crippen LogP contribution in [-0.4, -0.2) is 64.8 Å². The van der Waals surface area contributed by atoms with Gasteiger partial charge in [-0.25, -0.2) is 4.79 Å². The van der Waals surface area contributed by atoms with Crippen LogP contribution in [0.25, 0.3) is 0 Å². The van der Waals surface area contributed by atoms with Gasteiger partial charge in [-0.1, -0.05) is 0 Å². The summed E-state index contributed by atoms with van der Waals surface area (Å²) in [6, 6.07) is 1.96. The van der Waals surface area contributed by atoms with Crippen LogP contribution in [0.4, 0.5) is 4.79 Å². The molecule has 0 unspecified atom stereocenters. The molecule has 0 aromatic carbocycles. The molecule has 2 fully saturated rings. The molecule has 7 heteroatoms. The predicted molar refractivity (Wildman–Crippen MR) is 86.9 cm³/mol. The van der Waals surface area contributed by atoms with E-state index in [1.54, 1.807) is 11.9 Å². The van der Waals surface area contributed by atoms with Crippen molar-refractivity contribution in [2.45, 2.75) is 57.7 Å². The van der Waals surface area contributed by atoms with Crippen LogP contribution < -0.4 is 0 Å². The second kappa shape index (κ2) is 6.25. The van der Waals surface area contributed by atoms with Crippen LogP contribution in [0.3, 0.4) is 0 Å². The third-order valence-corrected chi connectivity index (χ3v) is 4.95. The molecule has 0 radical (unpaired) electrons. The third-order valence-electron chi connectivity index (χ3n) is 4.95. The van der Waals surface area contributed by atoms with E-state index in [0.717, 1.165) is 0 Å². The zero-order chi connectivity index (χ0) is 18.2. The summed E-state index contributed by atoms with van der Waals surface area (Å²) in [6.45, 7) is 6.18. The monoisotopic (exact) mass is 337 g/mol. The van der Waals surface area contributed by atoms with Crippen LogP contribution in [0.15, 0.2) is 0 Å². The highest BCUT2D eigenvalue weighted by Crippen LogP contribution is 2.58. The summed E-state index contributed by atoms with van der Waals surface area (Å²) in [5.74, 6) is -0.169. The lowest BCUT2D eigenvalue weighted by Crippen LogP contribution is -2.56. The van der Waals surface area contributed by atoms with Gasteiger partial charge < -0.3 is 19.6 Å². The molecule has 24 heavy (non-hydrogen) atoms. The summed E-state index contributed by atoms with van der Waals surface area (Å²) in [7, 11) is 1.59. The van der Waals surface area contributed by atoms with Gasteiger partial charge in [0.25, 0.3) is 0 Å². The smallest absolute Gasteiger partial charge is 0.410 e. The number of hydrogen-bond acceptors (Lipinski definition) is 5. The standard InChI is InChI=1S/C17H27N3O4/c1-15(2,3)24-14(22)20-10-7-17(23,8-11-20)16(5-6-16)13(21)19(4)12-9-18/h23H,5-8,10-12H2,1-4H3. The number of piperidine rings is 1. The number of carbonyl (C=O) groups excluding carboxylic acids is 2. The second-order valence-electron chi connectivity index (χ2n) is 7.90. The van der Waals surface area contributed by atoms with Gasteiger partial charge >= 0.3 is 6.09 Å². The van der Waals surface area contributed by atoms with Gasteiger partial charge in [0.15, 0.2) is 0 Å². The van der Waals surface area contributed by atoms with E-state index in [0.29, 0.717) is 38.8 Å². The summed E-state index contributed by atoms with van der Waals surface area (Å²) >= 11 is 0. The molecular formula is C17H27N3O4. The first-order chi connectivity index (χ1) is 11.0. The van der Waals surface area contributed by atoms with E-state index in [4.69, 9.17) is 10.00 Å². The van der Waals surface area contributed by atoms with Gasteiger partial charge in [0.1, 0.15) is 12.1 Å². The lowest BCUT2D eigenvalue weighted by atomic mass is 9.76. The Morgan fingerprint density at radius 2 is 1.79 bits per heavy atom. The number of aliphatic hydroxyl groups is 1. The van der Waals surface area contributed by atoms with Crippen molar-refractivity contribution >= 4 is 12.0 Å². The molecule has 134 valence electrons. The van der Waals surface area contributed by atoms with Crippen molar-refractivity contribution in [1.82, 2.24) is 9.80 Å². The summed E-state index contributed by atoms with van der Waals surface area (Å²) in [4.78, 5) is 27.7. The normalized spacial score (nSPS) is 21.6. The largest absolute Gasteiger partial charge is 0.444 e. The number of nitriles is 1. The molecular weight excluding hydrogens is 310 g/mol. The van der Waals surface area contributed by atoms with Crippen molar-refractivity contribution in [3.63, 3.8) is 0 Å². The van der Waals surface area contributed by atoms with E-state index < -0.39 is 16.6 Å². The van der Waals surface area contributed by atoms with Crippen molar-refractivity contribution < 1.29 is 19.4 Å². The number of amides is 2. The zero-order valence-corrected chi connectivity index (χ0v) is 15.0. The van der Waals surface area contributed by atoms with Gasteiger partial charge in [0.2, 0.25) is 5.91 Å². The first kappa shape index (κ1) is 18.5. The van der Waals surface area contributed by atoms with Crippen molar-refractivity contribution in [2.75, 3.05) is 26.7 Å². The number of nitrogens with zero attached hydrogens (tertiary/aromatic N) is 3. The molecule has 2 aliphatic rings. The van der Waals surface area contributed by atoms with Gasteiger partial charge in [-0.2, -0.15) is 5.26 Å². The minimum absolute atomic E-state index is 0.0146. The first-order valence-electron chi connectivity index (χ1n) is 8.37. The number of carbonyl (C=O) groups is 2. The maximum Gasteiger partial charge on any atom is 0.410 e. The highest BCUT2D eigenvalue weighted by atomic mass is 16.6. The SMILES string of the molecule is CN(CC#N)C(=O)C1(C2(O)CCN(C(=O)OC(C)(C)C)CC2)CC1. The Morgan fingerprint density at radius 1 is 1.25 bits per heavy atom. The molecule has 1 aliphatic heterocycles. The van der Waals surface area contributed by atoms with E-state index >= 15 is 0 Å². The second-order valence-corrected chi connectivity index (χ2v) is 7.90. The molecule has 1 saturated heterocycles. The first-order valence-corrected chi connectivity index (χ1v) is 8.37. The van der Waals surface area contributed by atoms with Crippen LogP contribution >= 0.6 is 0 Å². The fraction of sp³-hybridized carbons (Fsp3) is 0.824. The maximum atomic E-state index is 12.6. The summed E-state index contributed by atoms with van der Waals surface area (Å²) < 4.78 is 5.36. The van der Waals surface area contributed by atoms with E-state index in [9.17, 15) is 14.7 Å². The fourth-order valence-electron chi connectivity index (χ4n) is 3.41. The summed E-state index contributed by atoms with van der Waals surface area (Å²) in [6.07, 6.45) is 1.56. The highest BCUT2D eigenvalue weighted by molar-refractivity contribution is 5.87. The van der Waals surface area contributed by atoms with Crippen LogP contribution in [0.1, 0.15) is 46.5 Å². The molecule has 1 aliphatic carbocycles. The van der Waals surface area contributed by atoms with Crippen LogP contribution in [0.5, 0.6) is 0 Å². The molecule has 2 rings (SSSR count). The minimum atomic E-state index is -1.12. The van der Waals surface area contributed by atoms with Gasteiger partial charge in [-0.3, -0.25) is 4.79 Å². The van der Waals surface area contributed by atoms with E-state index in [-0.39, 0.29) is 18.5 Å². The van der Waals surface area contributed by atoms with Crippen LogP contribution in [-0.2, 0) is 9.53 Å².